The fourth-order valence-electron chi connectivity index (χ4n) is 4.65. The molecule has 1 aromatic carbocycles. The summed E-state index contributed by atoms with van der Waals surface area (Å²) in [5.41, 5.74) is -0.151. The molecule has 3 heterocycles. The Morgan fingerprint density at radius 3 is 2.54 bits per heavy atom. The number of rotatable bonds is 7. The van der Waals surface area contributed by atoms with Crippen LogP contribution in [-0.4, -0.2) is 47.9 Å². The number of likely N-dealkylation sites (tertiary alicyclic amines) is 1. The molecule has 0 bridgehead atoms. The number of esters is 1. The molecule has 0 amide bonds. The molecule has 1 aliphatic heterocycles. The second-order valence-corrected chi connectivity index (χ2v) is 8.85. The maximum Gasteiger partial charge on any atom is 0.306 e. The van der Waals surface area contributed by atoms with Gasteiger partial charge < -0.3 is 23.6 Å². The number of hydrogen-bond acceptors (Lipinski definition) is 8. The third-order valence-electron chi connectivity index (χ3n) is 6.58. The van der Waals surface area contributed by atoms with Crippen molar-refractivity contribution in [2.75, 3.05) is 27.3 Å². The lowest BCUT2D eigenvalue weighted by atomic mass is 9.92. The number of pyridine rings is 1. The highest BCUT2D eigenvalue weighted by atomic mass is 16.5. The Hall–Kier alpha value is -3.59. The first-order chi connectivity index (χ1) is 16.8. The van der Waals surface area contributed by atoms with Gasteiger partial charge in [0.1, 0.15) is 11.5 Å². The summed E-state index contributed by atoms with van der Waals surface area (Å²) in [4.78, 5) is 40.6. The van der Waals surface area contributed by atoms with Crippen molar-refractivity contribution >= 4 is 16.9 Å². The molecular formula is C26H30N2O7. The first kappa shape index (κ1) is 24.5. The van der Waals surface area contributed by atoms with Gasteiger partial charge >= 0.3 is 5.97 Å². The van der Waals surface area contributed by atoms with Crippen LogP contribution < -0.4 is 15.7 Å². The minimum Gasteiger partial charge on any atom is -0.502 e. The number of carbonyl (C=O) groups excluding carboxylic acids is 1. The molecule has 1 saturated heterocycles. The van der Waals surface area contributed by atoms with Crippen LogP contribution in [0.1, 0.15) is 48.7 Å². The summed E-state index contributed by atoms with van der Waals surface area (Å²) in [7, 11) is 4.40. The molecule has 1 N–H and O–H groups in total. The average Bonchev–Trinajstić information content (AvgIpc) is 2.87. The summed E-state index contributed by atoms with van der Waals surface area (Å²) >= 11 is 0. The zero-order valence-corrected chi connectivity index (χ0v) is 20.2. The number of methoxy groups -OCH3 is 2. The molecule has 0 spiro atoms. The largest absolute Gasteiger partial charge is 0.502 e. The summed E-state index contributed by atoms with van der Waals surface area (Å²) < 4.78 is 17.6. The van der Waals surface area contributed by atoms with E-state index in [-0.39, 0.29) is 23.3 Å². The number of carbonyl (C=O) groups is 1. The van der Waals surface area contributed by atoms with Crippen molar-refractivity contribution in [2.24, 2.45) is 7.05 Å². The Labute approximate surface area is 202 Å². The van der Waals surface area contributed by atoms with E-state index in [1.54, 1.807) is 38.4 Å². The molecule has 1 unspecified atom stereocenters. The minimum absolute atomic E-state index is 0.111. The highest BCUT2D eigenvalue weighted by Gasteiger charge is 2.30. The molecule has 4 rings (SSSR count). The summed E-state index contributed by atoms with van der Waals surface area (Å²) in [6.07, 6.45) is 3.02. The molecule has 1 atom stereocenters. The number of aromatic hydroxyl groups is 1. The van der Waals surface area contributed by atoms with Crippen LogP contribution in [0.25, 0.3) is 10.9 Å². The second kappa shape index (κ2) is 10.4. The summed E-state index contributed by atoms with van der Waals surface area (Å²) in [6, 6.07) is 8.24. The normalized spacial score (nSPS) is 15.2. The zero-order chi connectivity index (χ0) is 25.1. The molecule has 1 aliphatic rings. The minimum atomic E-state index is -1.01. The van der Waals surface area contributed by atoms with Gasteiger partial charge in [0.05, 0.1) is 38.6 Å². The Bertz CT molecular complexity index is 1350. The second-order valence-electron chi connectivity index (χ2n) is 8.85. The average molecular weight is 483 g/mol. The van der Waals surface area contributed by atoms with E-state index < -0.39 is 23.1 Å². The number of nitrogens with zero attached hydrogens (tertiary/aromatic N) is 2. The molecule has 2 aromatic heterocycles. The summed E-state index contributed by atoms with van der Waals surface area (Å²) in [6.45, 7) is 2.18. The van der Waals surface area contributed by atoms with Gasteiger partial charge in [0.2, 0.25) is 11.2 Å². The van der Waals surface area contributed by atoms with E-state index in [0.29, 0.717) is 23.6 Å². The lowest BCUT2D eigenvalue weighted by Gasteiger charge is -2.26. The van der Waals surface area contributed by atoms with Crippen molar-refractivity contribution in [3.05, 3.63) is 68.0 Å². The number of aryl methyl sites for hydroxylation is 1. The van der Waals surface area contributed by atoms with Crippen LogP contribution >= 0.6 is 0 Å². The maximum atomic E-state index is 13.4. The van der Waals surface area contributed by atoms with Crippen molar-refractivity contribution < 1.29 is 23.8 Å². The third kappa shape index (κ3) is 5.09. The number of ether oxygens (including phenoxy) is 2. The number of hydrogen-bond donors (Lipinski definition) is 1. The monoisotopic (exact) mass is 482 g/mol. The fraction of sp³-hybridized carbons (Fsp3) is 0.423. The number of benzene rings is 1. The summed E-state index contributed by atoms with van der Waals surface area (Å²) in [5, 5.41) is 11.4. The van der Waals surface area contributed by atoms with Crippen LogP contribution in [0.4, 0.5) is 0 Å². The quantitative estimate of drug-likeness (QED) is 0.512. The van der Waals surface area contributed by atoms with Crippen LogP contribution in [0.2, 0.25) is 0 Å². The molecule has 9 nitrogen and oxygen atoms in total. The lowest BCUT2D eigenvalue weighted by molar-refractivity contribution is -0.140. The zero-order valence-electron chi connectivity index (χ0n) is 20.2. The van der Waals surface area contributed by atoms with E-state index in [2.05, 4.69) is 4.90 Å². The molecule has 1 fully saturated rings. The summed E-state index contributed by atoms with van der Waals surface area (Å²) in [5.74, 6) is -1.36. The van der Waals surface area contributed by atoms with Crippen molar-refractivity contribution in [1.82, 2.24) is 9.47 Å². The van der Waals surface area contributed by atoms with Gasteiger partial charge in [-0.2, -0.15) is 0 Å². The Morgan fingerprint density at radius 1 is 1.11 bits per heavy atom. The number of aromatic nitrogens is 1. The predicted octanol–water partition coefficient (Wildman–Crippen LogP) is 2.89. The van der Waals surface area contributed by atoms with Gasteiger partial charge in [-0.3, -0.25) is 19.3 Å². The van der Waals surface area contributed by atoms with E-state index in [1.165, 1.54) is 24.2 Å². The topological polar surface area (TPSA) is 111 Å². The molecule has 0 saturated carbocycles. The van der Waals surface area contributed by atoms with E-state index in [9.17, 15) is 19.5 Å². The van der Waals surface area contributed by atoms with Gasteiger partial charge in [-0.1, -0.05) is 6.42 Å². The van der Waals surface area contributed by atoms with Gasteiger partial charge in [0.15, 0.2) is 5.76 Å². The van der Waals surface area contributed by atoms with Crippen molar-refractivity contribution in [3.8, 4) is 11.5 Å². The maximum absolute atomic E-state index is 13.4. The molecule has 0 aliphatic carbocycles. The first-order valence-corrected chi connectivity index (χ1v) is 11.6. The standard InChI is InChI=1S/C26H30N2O7/c1-27-21-12-17(33-2)8-7-16(21)11-20(26(27)32)19(14-23(30)34-3)25-24(31)22(29)13-18(35-25)15-28-9-5-4-6-10-28/h7-8,11-13,19,31H,4-6,9-10,14-15H2,1-3H3. The van der Waals surface area contributed by atoms with E-state index in [0.717, 1.165) is 31.3 Å². The van der Waals surface area contributed by atoms with Gasteiger partial charge in [-0.25, -0.2) is 0 Å². The van der Waals surface area contributed by atoms with Crippen LogP contribution in [0.3, 0.4) is 0 Å². The van der Waals surface area contributed by atoms with Crippen LogP contribution in [0.15, 0.2) is 44.3 Å². The smallest absolute Gasteiger partial charge is 0.306 e. The fourth-order valence-corrected chi connectivity index (χ4v) is 4.65. The molecular weight excluding hydrogens is 452 g/mol. The van der Waals surface area contributed by atoms with E-state index >= 15 is 0 Å². The first-order valence-electron chi connectivity index (χ1n) is 11.6. The number of piperidine rings is 1. The Balaban J connectivity index is 1.85. The Kier molecular flexibility index (Phi) is 7.25. The number of fused-ring (bicyclic) bond motifs is 1. The van der Waals surface area contributed by atoms with Gasteiger partial charge in [0, 0.05) is 24.7 Å². The van der Waals surface area contributed by atoms with Crippen molar-refractivity contribution in [2.45, 2.75) is 38.1 Å². The lowest BCUT2D eigenvalue weighted by Crippen LogP contribution is -2.30. The molecule has 9 heteroatoms. The molecule has 3 aromatic rings. The van der Waals surface area contributed by atoms with Gasteiger partial charge in [0.25, 0.3) is 5.56 Å². The molecule has 186 valence electrons. The third-order valence-corrected chi connectivity index (χ3v) is 6.58. The van der Waals surface area contributed by atoms with E-state index in [4.69, 9.17) is 13.9 Å². The molecule has 0 radical (unpaired) electrons. The van der Waals surface area contributed by atoms with Crippen LogP contribution in [0, 0.1) is 0 Å². The SMILES string of the molecule is COC(=O)CC(c1oc(CN2CCCCC2)cc(=O)c1O)c1cc2ccc(OC)cc2n(C)c1=O. The highest BCUT2D eigenvalue weighted by Crippen LogP contribution is 2.34. The van der Waals surface area contributed by atoms with Crippen molar-refractivity contribution in [3.63, 3.8) is 0 Å². The predicted molar refractivity (Wildman–Crippen MR) is 130 cm³/mol. The van der Waals surface area contributed by atoms with Gasteiger partial charge in [-0.05, 0) is 49.5 Å². The Morgan fingerprint density at radius 2 is 1.86 bits per heavy atom. The van der Waals surface area contributed by atoms with Crippen LogP contribution in [0.5, 0.6) is 11.5 Å². The van der Waals surface area contributed by atoms with Gasteiger partial charge in [-0.15, -0.1) is 0 Å². The molecule has 35 heavy (non-hydrogen) atoms. The van der Waals surface area contributed by atoms with Crippen molar-refractivity contribution in [1.29, 1.82) is 0 Å². The van der Waals surface area contributed by atoms with E-state index in [1.807, 2.05) is 0 Å². The van der Waals surface area contributed by atoms with Crippen LogP contribution in [-0.2, 0) is 23.1 Å². The highest BCUT2D eigenvalue weighted by molar-refractivity contribution is 5.82.